The van der Waals surface area contributed by atoms with Crippen LogP contribution >= 0.6 is 0 Å². The van der Waals surface area contributed by atoms with E-state index in [1.54, 1.807) is 12.1 Å². The van der Waals surface area contributed by atoms with E-state index in [4.69, 9.17) is 10.5 Å². The number of rotatable bonds is 6. The minimum atomic E-state index is -0.201. The maximum atomic E-state index is 11.7. The van der Waals surface area contributed by atoms with Crippen molar-refractivity contribution in [3.05, 3.63) is 24.3 Å². The summed E-state index contributed by atoms with van der Waals surface area (Å²) in [5.41, 5.74) is 6.30. The molecule has 1 amide bonds. The number of amides is 1. The van der Waals surface area contributed by atoms with Gasteiger partial charge in [-0.05, 0) is 37.3 Å². The lowest BCUT2D eigenvalue weighted by Crippen LogP contribution is -2.33. The van der Waals surface area contributed by atoms with Crippen LogP contribution in [0.2, 0.25) is 0 Å². The Hall–Kier alpha value is -1.75. The van der Waals surface area contributed by atoms with E-state index in [9.17, 15) is 9.90 Å². The molecule has 2 atom stereocenters. The van der Waals surface area contributed by atoms with Crippen molar-refractivity contribution < 1.29 is 14.6 Å². The third-order valence-corrected chi connectivity index (χ3v) is 3.80. The summed E-state index contributed by atoms with van der Waals surface area (Å²) in [4.78, 5) is 11.7. The molecule has 5 heteroatoms. The van der Waals surface area contributed by atoms with Crippen LogP contribution < -0.4 is 15.8 Å². The summed E-state index contributed by atoms with van der Waals surface area (Å²) >= 11 is 0. The second-order valence-electron chi connectivity index (χ2n) is 5.66. The largest absolute Gasteiger partial charge is 0.493 e. The maximum Gasteiger partial charge on any atom is 0.223 e. The standard InChI is InChI=1S/C16H24N2O3/c17-13-4-2-6-15(10-13)21-8-7-16(20)18-11-12-3-1-5-14(19)9-12/h2,4,6,10,12,14,19H,1,3,5,7-9,11,17H2,(H,18,20). The van der Waals surface area contributed by atoms with Crippen molar-refractivity contribution in [3.63, 3.8) is 0 Å². The van der Waals surface area contributed by atoms with Gasteiger partial charge in [0.15, 0.2) is 0 Å². The first-order valence-electron chi connectivity index (χ1n) is 7.56. The maximum absolute atomic E-state index is 11.7. The highest BCUT2D eigenvalue weighted by Crippen LogP contribution is 2.23. The fourth-order valence-corrected chi connectivity index (χ4v) is 2.66. The molecule has 116 valence electrons. The molecule has 0 aliphatic heterocycles. The fourth-order valence-electron chi connectivity index (χ4n) is 2.66. The van der Waals surface area contributed by atoms with E-state index < -0.39 is 0 Å². The molecule has 1 fully saturated rings. The molecule has 2 rings (SSSR count). The number of aliphatic hydroxyl groups is 1. The molecule has 5 nitrogen and oxygen atoms in total. The Morgan fingerprint density at radius 1 is 1.43 bits per heavy atom. The van der Waals surface area contributed by atoms with E-state index in [1.807, 2.05) is 12.1 Å². The van der Waals surface area contributed by atoms with Gasteiger partial charge in [-0.25, -0.2) is 0 Å². The SMILES string of the molecule is Nc1cccc(OCCC(=O)NCC2CCCC(O)C2)c1. The zero-order valence-electron chi connectivity index (χ0n) is 12.3. The van der Waals surface area contributed by atoms with Crippen LogP contribution in [0.15, 0.2) is 24.3 Å². The van der Waals surface area contributed by atoms with Crippen LogP contribution in [0.25, 0.3) is 0 Å². The van der Waals surface area contributed by atoms with Gasteiger partial charge in [0.1, 0.15) is 5.75 Å². The molecule has 1 aromatic rings. The molecule has 0 heterocycles. The van der Waals surface area contributed by atoms with Gasteiger partial charge in [0.05, 0.1) is 19.1 Å². The normalized spacial score (nSPS) is 21.8. The van der Waals surface area contributed by atoms with Crippen molar-refractivity contribution in [2.45, 2.75) is 38.2 Å². The fraction of sp³-hybridized carbons (Fsp3) is 0.562. The number of aliphatic hydroxyl groups excluding tert-OH is 1. The first kappa shape index (κ1) is 15.6. The third kappa shape index (κ3) is 5.63. The Morgan fingerprint density at radius 3 is 3.05 bits per heavy atom. The average Bonchev–Trinajstić information content (AvgIpc) is 2.45. The molecule has 21 heavy (non-hydrogen) atoms. The number of hydrogen-bond acceptors (Lipinski definition) is 4. The molecule has 0 bridgehead atoms. The molecule has 0 aromatic heterocycles. The number of hydrogen-bond donors (Lipinski definition) is 3. The summed E-state index contributed by atoms with van der Waals surface area (Å²) in [6, 6.07) is 7.16. The molecule has 1 saturated carbocycles. The van der Waals surface area contributed by atoms with Gasteiger partial charge in [0.2, 0.25) is 5.91 Å². The van der Waals surface area contributed by atoms with Crippen molar-refractivity contribution >= 4 is 11.6 Å². The second-order valence-corrected chi connectivity index (χ2v) is 5.66. The van der Waals surface area contributed by atoms with E-state index >= 15 is 0 Å². The van der Waals surface area contributed by atoms with Crippen LogP contribution in [0.4, 0.5) is 5.69 Å². The Morgan fingerprint density at radius 2 is 2.29 bits per heavy atom. The highest BCUT2D eigenvalue weighted by atomic mass is 16.5. The Kier molecular flexibility index (Phi) is 5.87. The number of carbonyl (C=O) groups is 1. The van der Waals surface area contributed by atoms with Crippen LogP contribution in [0.1, 0.15) is 32.1 Å². The molecular formula is C16H24N2O3. The lowest BCUT2D eigenvalue weighted by atomic mass is 9.87. The predicted octanol–water partition coefficient (Wildman–Crippen LogP) is 1.70. The van der Waals surface area contributed by atoms with Crippen molar-refractivity contribution in [1.82, 2.24) is 5.32 Å². The quantitative estimate of drug-likeness (QED) is 0.697. The van der Waals surface area contributed by atoms with Gasteiger partial charge in [-0.1, -0.05) is 12.5 Å². The van der Waals surface area contributed by atoms with Crippen LogP contribution in [0.5, 0.6) is 5.75 Å². The van der Waals surface area contributed by atoms with E-state index in [2.05, 4.69) is 5.32 Å². The number of nitrogens with one attached hydrogen (secondary N) is 1. The molecular weight excluding hydrogens is 268 g/mol. The summed E-state index contributed by atoms with van der Waals surface area (Å²) < 4.78 is 5.49. The van der Waals surface area contributed by atoms with Gasteiger partial charge in [-0.2, -0.15) is 0 Å². The Balaban J connectivity index is 1.61. The van der Waals surface area contributed by atoms with E-state index in [0.29, 0.717) is 36.9 Å². The lowest BCUT2D eigenvalue weighted by Gasteiger charge is -2.25. The van der Waals surface area contributed by atoms with Crippen LogP contribution in [0, 0.1) is 5.92 Å². The van der Waals surface area contributed by atoms with E-state index in [1.165, 1.54) is 0 Å². The topological polar surface area (TPSA) is 84.6 Å². The third-order valence-electron chi connectivity index (χ3n) is 3.80. The molecule has 4 N–H and O–H groups in total. The van der Waals surface area contributed by atoms with Gasteiger partial charge >= 0.3 is 0 Å². The molecule has 0 spiro atoms. The summed E-state index contributed by atoms with van der Waals surface area (Å²) in [6.45, 7) is 0.983. The van der Waals surface area contributed by atoms with Crippen molar-refractivity contribution in [1.29, 1.82) is 0 Å². The molecule has 1 aromatic carbocycles. The number of carbonyl (C=O) groups excluding carboxylic acids is 1. The van der Waals surface area contributed by atoms with Crippen molar-refractivity contribution in [2.75, 3.05) is 18.9 Å². The number of nitrogen functional groups attached to an aromatic ring is 1. The molecule has 0 radical (unpaired) electrons. The van der Waals surface area contributed by atoms with Crippen molar-refractivity contribution in [2.24, 2.45) is 5.92 Å². The molecule has 0 saturated heterocycles. The molecule has 2 unspecified atom stereocenters. The Bertz CT molecular complexity index is 465. The van der Waals surface area contributed by atoms with Gasteiger partial charge in [-0.3, -0.25) is 4.79 Å². The van der Waals surface area contributed by atoms with E-state index in [0.717, 1.165) is 25.7 Å². The van der Waals surface area contributed by atoms with E-state index in [-0.39, 0.29) is 12.0 Å². The summed E-state index contributed by atoms with van der Waals surface area (Å²) in [5.74, 6) is 1.06. The smallest absolute Gasteiger partial charge is 0.223 e. The first-order chi connectivity index (χ1) is 10.1. The lowest BCUT2D eigenvalue weighted by molar-refractivity contribution is -0.121. The van der Waals surface area contributed by atoms with Crippen molar-refractivity contribution in [3.8, 4) is 5.75 Å². The zero-order chi connectivity index (χ0) is 15.1. The number of ether oxygens (including phenoxy) is 1. The number of anilines is 1. The van der Waals surface area contributed by atoms with Crippen LogP contribution in [-0.2, 0) is 4.79 Å². The average molecular weight is 292 g/mol. The van der Waals surface area contributed by atoms with Gasteiger partial charge in [-0.15, -0.1) is 0 Å². The van der Waals surface area contributed by atoms with Crippen LogP contribution in [-0.4, -0.2) is 30.3 Å². The molecule has 1 aliphatic rings. The van der Waals surface area contributed by atoms with Gasteiger partial charge in [0, 0.05) is 18.3 Å². The number of benzene rings is 1. The summed E-state index contributed by atoms with van der Waals surface area (Å²) in [6.07, 6.45) is 3.92. The predicted molar refractivity (Wildman–Crippen MR) is 81.9 cm³/mol. The van der Waals surface area contributed by atoms with Crippen LogP contribution in [0.3, 0.4) is 0 Å². The zero-order valence-corrected chi connectivity index (χ0v) is 12.3. The molecule has 1 aliphatic carbocycles. The highest BCUT2D eigenvalue weighted by Gasteiger charge is 2.20. The second kappa shape index (κ2) is 7.88. The summed E-state index contributed by atoms with van der Waals surface area (Å²) in [5, 5.41) is 12.5. The minimum absolute atomic E-state index is 0.0148. The highest BCUT2D eigenvalue weighted by molar-refractivity contribution is 5.75. The monoisotopic (exact) mass is 292 g/mol. The first-order valence-corrected chi connectivity index (χ1v) is 7.56. The minimum Gasteiger partial charge on any atom is -0.493 e. The van der Waals surface area contributed by atoms with Gasteiger partial charge in [0.25, 0.3) is 0 Å². The van der Waals surface area contributed by atoms with Gasteiger partial charge < -0.3 is 20.9 Å². The Labute approximate surface area is 125 Å². The summed E-state index contributed by atoms with van der Waals surface area (Å²) in [7, 11) is 0. The number of nitrogens with two attached hydrogens (primary N) is 1.